The molecule has 0 aliphatic heterocycles. The molecule has 4 aromatic rings. The van der Waals surface area contributed by atoms with Crippen LogP contribution in [0, 0.1) is 0 Å². The van der Waals surface area contributed by atoms with Crippen molar-refractivity contribution in [1.29, 1.82) is 0 Å². The van der Waals surface area contributed by atoms with Crippen molar-refractivity contribution in [1.82, 2.24) is 0 Å². The van der Waals surface area contributed by atoms with Crippen LogP contribution in [0.4, 0.5) is 0 Å². The van der Waals surface area contributed by atoms with Gasteiger partial charge in [0, 0.05) is 0 Å². The van der Waals surface area contributed by atoms with Crippen molar-refractivity contribution in [2.75, 3.05) is 0 Å². The summed E-state index contributed by atoms with van der Waals surface area (Å²) < 4.78 is 0. The summed E-state index contributed by atoms with van der Waals surface area (Å²) >= 11 is 0. The summed E-state index contributed by atoms with van der Waals surface area (Å²) in [6, 6.07) is 29.3. The van der Waals surface area contributed by atoms with E-state index in [1.54, 1.807) is 0 Å². The first kappa shape index (κ1) is 20.6. The van der Waals surface area contributed by atoms with Crippen LogP contribution in [0.1, 0.15) is 1.43 Å². The fourth-order valence-corrected chi connectivity index (χ4v) is 2.14. The van der Waals surface area contributed by atoms with Gasteiger partial charge in [0.15, 0.2) is 0 Å². The molecular formula is C20H19ClZr. The zero-order chi connectivity index (χ0) is 14.2. The summed E-state index contributed by atoms with van der Waals surface area (Å²) in [7, 11) is 0. The van der Waals surface area contributed by atoms with Crippen molar-refractivity contribution < 1.29 is 40.0 Å². The fourth-order valence-electron chi connectivity index (χ4n) is 2.14. The molecule has 0 heterocycles. The van der Waals surface area contributed by atoms with E-state index in [0.29, 0.717) is 0 Å². The first-order valence-corrected chi connectivity index (χ1v) is 6.64. The third kappa shape index (κ3) is 5.41. The van der Waals surface area contributed by atoms with E-state index in [4.69, 9.17) is 0 Å². The molecule has 0 nitrogen and oxygen atoms in total. The number of rotatable bonds is 0. The standard InChI is InChI=1S/2C9H7.C2H4.ClH.Zr.H/c2*1-2-5-9-7-3-6-8(9)4-1;1-2;;;/h2*1-7H;1-2H2;1H;;/q2*-1;;;+4;-1/p-1. The van der Waals surface area contributed by atoms with Crippen molar-refractivity contribution in [3.63, 3.8) is 0 Å². The third-order valence-electron chi connectivity index (χ3n) is 3.10. The Bertz CT molecular complexity index is 647. The van der Waals surface area contributed by atoms with Crippen LogP contribution in [0.5, 0.6) is 0 Å². The molecule has 0 atom stereocenters. The second-order valence-electron chi connectivity index (χ2n) is 4.31. The van der Waals surface area contributed by atoms with Crippen LogP contribution in [0.3, 0.4) is 0 Å². The fraction of sp³-hybridized carbons (Fsp3) is 0. The van der Waals surface area contributed by atoms with Gasteiger partial charge in [0.05, 0.1) is 0 Å². The summed E-state index contributed by atoms with van der Waals surface area (Å²) in [5.74, 6) is 0. The maximum atomic E-state index is 3.00. The number of hydrogen-bond donors (Lipinski definition) is 0. The second-order valence-corrected chi connectivity index (χ2v) is 4.31. The Hall–Kier alpha value is -1.43. The van der Waals surface area contributed by atoms with E-state index < -0.39 is 0 Å². The minimum Gasteiger partial charge on any atom is -1.00 e. The van der Waals surface area contributed by atoms with Gasteiger partial charge in [-0.3, -0.25) is 0 Å². The largest absolute Gasteiger partial charge is 4.00 e. The van der Waals surface area contributed by atoms with Crippen LogP contribution >= 0.6 is 0 Å². The maximum absolute atomic E-state index is 3.00. The van der Waals surface area contributed by atoms with Gasteiger partial charge in [-0.15, -0.1) is 72.5 Å². The van der Waals surface area contributed by atoms with Gasteiger partial charge >= 0.3 is 26.2 Å². The van der Waals surface area contributed by atoms with Gasteiger partial charge in [0.2, 0.25) is 0 Å². The summed E-state index contributed by atoms with van der Waals surface area (Å²) in [6.07, 6.45) is 0. The van der Waals surface area contributed by atoms with Crippen LogP contribution in [-0.4, -0.2) is 0 Å². The molecule has 0 radical (unpaired) electrons. The Morgan fingerprint density at radius 2 is 1.00 bits per heavy atom. The third-order valence-corrected chi connectivity index (χ3v) is 3.10. The zero-order valence-electron chi connectivity index (χ0n) is 13.4. The number of benzene rings is 2. The topological polar surface area (TPSA) is 0 Å². The van der Waals surface area contributed by atoms with E-state index in [1.807, 2.05) is 0 Å². The van der Waals surface area contributed by atoms with E-state index in [1.165, 1.54) is 21.5 Å². The van der Waals surface area contributed by atoms with Crippen LogP contribution in [0.25, 0.3) is 21.5 Å². The molecule has 0 spiro atoms. The molecule has 0 amide bonds. The Labute approximate surface area is 159 Å². The molecule has 0 N–H and O–H groups in total. The summed E-state index contributed by atoms with van der Waals surface area (Å²) in [5.41, 5.74) is 0. The van der Waals surface area contributed by atoms with E-state index in [9.17, 15) is 0 Å². The predicted octanol–water partition coefficient (Wildman–Crippen LogP) is 3.03. The normalized spacial score (nSPS) is 8.55. The number of halogens is 1. The molecule has 0 aliphatic rings. The van der Waals surface area contributed by atoms with Crippen molar-refractivity contribution in [3.05, 3.63) is 98.1 Å². The van der Waals surface area contributed by atoms with E-state index in [2.05, 4.69) is 98.1 Å². The van der Waals surface area contributed by atoms with Gasteiger partial charge < -0.3 is 13.8 Å². The Morgan fingerprint density at radius 1 is 0.636 bits per heavy atom. The average Bonchev–Trinajstić information content (AvgIpc) is 3.18. The monoisotopic (exact) mass is 384 g/mol. The number of hydrogen-bond acceptors (Lipinski definition) is 0. The molecule has 0 bridgehead atoms. The van der Waals surface area contributed by atoms with Gasteiger partial charge in [0.25, 0.3) is 0 Å². The molecule has 0 saturated carbocycles. The van der Waals surface area contributed by atoms with Crippen LogP contribution in [-0.2, 0) is 26.2 Å². The van der Waals surface area contributed by atoms with E-state index in [0.717, 1.165) is 0 Å². The minimum absolute atomic E-state index is 0. The van der Waals surface area contributed by atoms with Crippen molar-refractivity contribution in [2.24, 2.45) is 0 Å². The molecule has 4 aromatic carbocycles. The van der Waals surface area contributed by atoms with E-state index in [-0.39, 0.29) is 40.0 Å². The molecule has 0 aromatic heterocycles. The second kappa shape index (κ2) is 11.2. The molecule has 22 heavy (non-hydrogen) atoms. The van der Waals surface area contributed by atoms with Gasteiger partial charge in [0.1, 0.15) is 0 Å². The first-order valence-electron chi connectivity index (χ1n) is 6.64. The van der Waals surface area contributed by atoms with E-state index >= 15 is 0 Å². The first-order chi connectivity index (χ1) is 9.93. The minimum atomic E-state index is 0. The molecule has 0 fully saturated rings. The van der Waals surface area contributed by atoms with Crippen LogP contribution in [0.2, 0.25) is 0 Å². The van der Waals surface area contributed by atoms with Gasteiger partial charge in [-0.05, 0) is 0 Å². The van der Waals surface area contributed by atoms with Gasteiger partial charge in [-0.25, -0.2) is 0 Å². The maximum Gasteiger partial charge on any atom is 4.00 e. The predicted molar refractivity (Wildman–Crippen MR) is 91.4 cm³/mol. The number of fused-ring (bicyclic) bond motifs is 2. The average molecular weight is 386 g/mol. The molecule has 0 unspecified atom stereocenters. The van der Waals surface area contributed by atoms with Crippen molar-refractivity contribution in [2.45, 2.75) is 0 Å². The molecule has 4 rings (SSSR count). The summed E-state index contributed by atoms with van der Waals surface area (Å²) in [4.78, 5) is 0. The molecule has 2 heteroatoms. The smallest absolute Gasteiger partial charge is 1.00 e. The van der Waals surface area contributed by atoms with Crippen molar-refractivity contribution >= 4 is 21.5 Å². The Kier molecular flexibility index (Phi) is 10.5. The molecule has 110 valence electrons. The molecule has 0 aliphatic carbocycles. The van der Waals surface area contributed by atoms with Crippen molar-refractivity contribution in [3.8, 4) is 0 Å². The van der Waals surface area contributed by atoms with Gasteiger partial charge in [-0.1, -0.05) is 12.1 Å². The Balaban J connectivity index is 0. The zero-order valence-corrected chi connectivity index (χ0v) is 15.6. The SMILES string of the molecule is C=C.[Cl-].[H-].[Zr+4].c1ccc2[cH-]ccc2c1.c1ccc2[cH-]ccc2c1. The summed E-state index contributed by atoms with van der Waals surface area (Å²) in [6.45, 7) is 6.00. The van der Waals surface area contributed by atoms with Gasteiger partial charge in [-0.2, -0.15) is 35.0 Å². The molecule has 0 saturated heterocycles. The van der Waals surface area contributed by atoms with Crippen LogP contribution in [0.15, 0.2) is 98.1 Å². The summed E-state index contributed by atoms with van der Waals surface area (Å²) in [5, 5.41) is 5.32. The molecular weight excluding hydrogens is 367 g/mol. The van der Waals surface area contributed by atoms with Crippen LogP contribution < -0.4 is 12.4 Å². The Morgan fingerprint density at radius 3 is 1.36 bits per heavy atom. The quantitative estimate of drug-likeness (QED) is 0.322.